The van der Waals surface area contributed by atoms with Crippen molar-refractivity contribution < 1.29 is 4.79 Å². The molecule has 0 unspecified atom stereocenters. The van der Waals surface area contributed by atoms with Gasteiger partial charge in [0, 0.05) is 43.5 Å². The van der Waals surface area contributed by atoms with Gasteiger partial charge in [-0.25, -0.2) is 4.98 Å². The Morgan fingerprint density at radius 2 is 1.60 bits per heavy atom. The normalized spacial score (nSPS) is 14.8. The van der Waals surface area contributed by atoms with Gasteiger partial charge in [0.25, 0.3) is 0 Å². The van der Waals surface area contributed by atoms with Crippen LogP contribution in [0, 0.1) is 5.41 Å². The average molecular weight is 404 g/mol. The van der Waals surface area contributed by atoms with Crippen LogP contribution in [0.4, 0.5) is 11.8 Å². The lowest BCUT2D eigenvalue weighted by Gasteiger charge is -2.37. The van der Waals surface area contributed by atoms with Crippen LogP contribution in [-0.4, -0.2) is 47.0 Å². The molecule has 4 rings (SSSR count). The van der Waals surface area contributed by atoms with Crippen LogP contribution < -0.4 is 10.2 Å². The number of hydrogen-bond acceptors (Lipinski definition) is 5. The zero-order valence-electron chi connectivity index (χ0n) is 17.9. The van der Waals surface area contributed by atoms with E-state index in [-0.39, 0.29) is 11.3 Å². The summed E-state index contributed by atoms with van der Waals surface area (Å²) in [5.74, 6) is 1.76. The molecule has 3 aromatic rings. The number of nitrogens with zero attached hydrogens (tertiary/aromatic N) is 4. The summed E-state index contributed by atoms with van der Waals surface area (Å²) in [5, 5.41) is 4.50. The van der Waals surface area contributed by atoms with Gasteiger partial charge in [0.1, 0.15) is 5.82 Å². The maximum atomic E-state index is 12.6. The van der Waals surface area contributed by atoms with E-state index < -0.39 is 0 Å². The van der Waals surface area contributed by atoms with Gasteiger partial charge in [0.2, 0.25) is 11.9 Å². The van der Waals surface area contributed by atoms with E-state index in [9.17, 15) is 4.79 Å². The van der Waals surface area contributed by atoms with E-state index in [4.69, 9.17) is 9.97 Å². The highest BCUT2D eigenvalue weighted by atomic mass is 16.2. The Morgan fingerprint density at radius 1 is 0.933 bits per heavy atom. The van der Waals surface area contributed by atoms with Gasteiger partial charge in [-0.1, -0.05) is 63.2 Å². The van der Waals surface area contributed by atoms with E-state index in [0.29, 0.717) is 25.6 Å². The summed E-state index contributed by atoms with van der Waals surface area (Å²) in [7, 11) is 0. The number of amides is 1. The third-order valence-corrected chi connectivity index (χ3v) is 5.39. The van der Waals surface area contributed by atoms with Gasteiger partial charge in [-0.05, 0) is 17.7 Å². The van der Waals surface area contributed by atoms with Crippen molar-refractivity contribution >= 4 is 28.6 Å². The molecule has 0 radical (unpaired) electrons. The number of piperazine rings is 1. The molecule has 1 fully saturated rings. The van der Waals surface area contributed by atoms with E-state index in [0.717, 1.165) is 29.8 Å². The summed E-state index contributed by atoms with van der Waals surface area (Å²) in [6.45, 7) is 9.47. The largest absolute Gasteiger partial charge is 0.365 e. The van der Waals surface area contributed by atoms with Crippen molar-refractivity contribution in [2.24, 2.45) is 5.41 Å². The number of para-hydroxylation sites is 1. The first-order chi connectivity index (χ1) is 14.4. The smallest absolute Gasteiger partial charge is 0.228 e. The van der Waals surface area contributed by atoms with Crippen molar-refractivity contribution in [3.05, 3.63) is 60.2 Å². The maximum Gasteiger partial charge on any atom is 0.228 e. The van der Waals surface area contributed by atoms with E-state index in [1.807, 2.05) is 68.1 Å². The molecule has 0 saturated carbocycles. The standard InChI is InChI=1S/C24H29N5O/c1-24(2,3)22(30)28-13-15-29(16-14-28)23-26-20-12-8-7-11-19(20)21(27-23)25-17-18-9-5-4-6-10-18/h4-12H,13-17H2,1-3H3,(H,25,26,27). The van der Waals surface area contributed by atoms with Crippen molar-refractivity contribution in [2.75, 3.05) is 36.4 Å². The van der Waals surface area contributed by atoms with E-state index >= 15 is 0 Å². The number of anilines is 2. The molecule has 2 heterocycles. The SMILES string of the molecule is CC(C)(C)C(=O)N1CCN(c2nc(NCc3ccccc3)c3ccccc3n2)CC1. The monoisotopic (exact) mass is 403 g/mol. The Balaban J connectivity index is 1.54. The second-order valence-corrected chi connectivity index (χ2v) is 8.76. The van der Waals surface area contributed by atoms with Gasteiger partial charge >= 0.3 is 0 Å². The molecule has 0 bridgehead atoms. The Labute approximate surface area is 177 Å². The molecule has 6 heteroatoms. The van der Waals surface area contributed by atoms with Crippen LogP contribution in [0.25, 0.3) is 10.9 Å². The van der Waals surface area contributed by atoms with Crippen LogP contribution in [-0.2, 0) is 11.3 Å². The molecule has 1 aromatic heterocycles. The minimum absolute atomic E-state index is 0.201. The lowest BCUT2D eigenvalue weighted by molar-refractivity contribution is -0.139. The van der Waals surface area contributed by atoms with Crippen LogP contribution >= 0.6 is 0 Å². The van der Waals surface area contributed by atoms with Crippen molar-refractivity contribution in [3.63, 3.8) is 0 Å². The summed E-state index contributed by atoms with van der Waals surface area (Å²) in [4.78, 5) is 26.4. The molecule has 1 aliphatic heterocycles. The van der Waals surface area contributed by atoms with Gasteiger partial charge in [-0.15, -0.1) is 0 Å². The van der Waals surface area contributed by atoms with Crippen molar-refractivity contribution in [1.82, 2.24) is 14.9 Å². The molecule has 0 atom stereocenters. The molecule has 0 aliphatic carbocycles. The molecular formula is C24H29N5O. The van der Waals surface area contributed by atoms with Gasteiger partial charge in [0.15, 0.2) is 0 Å². The summed E-state index contributed by atoms with van der Waals surface area (Å²) < 4.78 is 0. The topological polar surface area (TPSA) is 61.4 Å². The summed E-state index contributed by atoms with van der Waals surface area (Å²) in [6, 6.07) is 18.4. The van der Waals surface area contributed by atoms with Crippen LogP contribution in [0.5, 0.6) is 0 Å². The van der Waals surface area contributed by atoms with E-state index in [1.165, 1.54) is 5.56 Å². The number of fused-ring (bicyclic) bond motifs is 1. The fourth-order valence-corrected chi connectivity index (χ4v) is 3.71. The number of rotatable bonds is 4. The zero-order valence-corrected chi connectivity index (χ0v) is 17.9. The van der Waals surface area contributed by atoms with Gasteiger partial charge < -0.3 is 15.1 Å². The van der Waals surface area contributed by atoms with Gasteiger partial charge in [-0.3, -0.25) is 4.79 Å². The van der Waals surface area contributed by atoms with Crippen molar-refractivity contribution in [2.45, 2.75) is 27.3 Å². The average Bonchev–Trinajstić information content (AvgIpc) is 2.77. The lowest BCUT2D eigenvalue weighted by Crippen LogP contribution is -2.52. The molecule has 1 amide bonds. The Morgan fingerprint density at radius 3 is 2.30 bits per heavy atom. The molecule has 0 spiro atoms. The van der Waals surface area contributed by atoms with Crippen LogP contribution in [0.3, 0.4) is 0 Å². The second-order valence-electron chi connectivity index (χ2n) is 8.76. The summed E-state index contributed by atoms with van der Waals surface area (Å²) >= 11 is 0. The molecule has 1 aliphatic rings. The highest BCUT2D eigenvalue weighted by Crippen LogP contribution is 2.25. The van der Waals surface area contributed by atoms with Crippen LogP contribution in [0.15, 0.2) is 54.6 Å². The predicted molar refractivity (Wildman–Crippen MR) is 122 cm³/mol. The minimum Gasteiger partial charge on any atom is -0.365 e. The van der Waals surface area contributed by atoms with Crippen molar-refractivity contribution in [3.8, 4) is 0 Å². The quantitative estimate of drug-likeness (QED) is 0.715. The minimum atomic E-state index is -0.351. The number of carbonyl (C=O) groups is 1. The summed E-state index contributed by atoms with van der Waals surface area (Å²) in [5.41, 5.74) is 1.78. The first kappa shape index (κ1) is 20.1. The molecule has 30 heavy (non-hydrogen) atoms. The fraction of sp³-hybridized carbons (Fsp3) is 0.375. The highest BCUT2D eigenvalue weighted by Gasteiger charge is 2.30. The molecule has 156 valence electrons. The fourth-order valence-electron chi connectivity index (χ4n) is 3.71. The summed E-state index contributed by atoms with van der Waals surface area (Å²) in [6.07, 6.45) is 0. The third kappa shape index (κ3) is 4.37. The Hall–Kier alpha value is -3.15. The number of aromatic nitrogens is 2. The first-order valence-corrected chi connectivity index (χ1v) is 10.5. The van der Waals surface area contributed by atoms with E-state index in [1.54, 1.807) is 0 Å². The number of benzene rings is 2. The second kappa shape index (κ2) is 8.30. The Kier molecular flexibility index (Phi) is 5.57. The van der Waals surface area contributed by atoms with Gasteiger partial charge in [-0.2, -0.15) is 4.98 Å². The van der Waals surface area contributed by atoms with E-state index in [2.05, 4.69) is 22.3 Å². The number of hydrogen-bond donors (Lipinski definition) is 1. The molecule has 1 N–H and O–H groups in total. The Bertz CT molecular complexity index is 1020. The molecule has 6 nitrogen and oxygen atoms in total. The maximum absolute atomic E-state index is 12.6. The molecule has 1 saturated heterocycles. The first-order valence-electron chi connectivity index (χ1n) is 10.5. The van der Waals surface area contributed by atoms with Crippen LogP contribution in [0.1, 0.15) is 26.3 Å². The van der Waals surface area contributed by atoms with Crippen molar-refractivity contribution in [1.29, 1.82) is 0 Å². The zero-order chi connectivity index (χ0) is 21.1. The third-order valence-electron chi connectivity index (χ3n) is 5.39. The van der Waals surface area contributed by atoms with Crippen LogP contribution in [0.2, 0.25) is 0 Å². The lowest BCUT2D eigenvalue weighted by atomic mass is 9.94. The number of carbonyl (C=O) groups excluding carboxylic acids is 1. The predicted octanol–water partition coefficient (Wildman–Crippen LogP) is 3.94. The molecule has 2 aromatic carbocycles. The molecular weight excluding hydrogens is 374 g/mol. The highest BCUT2D eigenvalue weighted by molar-refractivity contribution is 5.90. The van der Waals surface area contributed by atoms with Gasteiger partial charge in [0.05, 0.1) is 5.52 Å². The number of nitrogens with one attached hydrogen (secondary N) is 1.